The van der Waals surface area contributed by atoms with Crippen molar-refractivity contribution in [2.45, 2.75) is 30.2 Å². The number of nitrogens with one attached hydrogen (secondary N) is 1. The fraction of sp³-hybridized carbons (Fsp3) is 0.316. The van der Waals surface area contributed by atoms with Gasteiger partial charge in [0.1, 0.15) is 4.83 Å². The van der Waals surface area contributed by atoms with E-state index in [2.05, 4.69) is 29.4 Å². The first kappa shape index (κ1) is 18.7. The van der Waals surface area contributed by atoms with Gasteiger partial charge in [-0.25, -0.2) is 4.98 Å². The first-order valence-corrected chi connectivity index (χ1v) is 10.2. The van der Waals surface area contributed by atoms with Gasteiger partial charge in [-0.05, 0) is 29.9 Å². The molecular weight excluding hydrogens is 366 g/mol. The molecule has 0 aliphatic rings. The monoisotopic (exact) mass is 387 g/mol. The highest BCUT2D eigenvalue weighted by Gasteiger charge is 2.19. The van der Waals surface area contributed by atoms with Crippen molar-refractivity contribution in [1.29, 1.82) is 0 Å². The van der Waals surface area contributed by atoms with E-state index in [0.29, 0.717) is 21.9 Å². The Morgan fingerprint density at radius 1 is 1.27 bits per heavy atom. The summed E-state index contributed by atoms with van der Waals surface area (Å²) < 4.78 is 1.51. The second-order valence-electron chi connectivity index (χ2n) is 6.21. The van der Waals surface area contributed by atoms with Crippen LogP contribution >= 0.6 is 23.1 Å². The number of carbonyl (C=O) groups excluding carboxylic acids is 1. The van der Waals surface area contributed by atoms with E-state index in [1.807, 2.05) is 30.5 Å². The van der Waals surface area contributed by atoms with Crippen molar-refractivity contribution in [1.82, 2.24) is 14.9 Å². The number of nitrogens with zero attached hydrogens (tertiary/aromatic N) is 2. The molecule has 0 aliphatic heterocycles. The van der Waals surface area contributed by atoms with Crippen LogP contribution in [0.2, 0.25) is 0 Å². The molecule has 136 valence electrons. The van der Waals surface area contributed by atoms with E-state index in [4.69, 9.17) is 0 Å². The molecule has 0 bridgehead atoms. The van der Waals surface area contributed by atoms with Crippen molar-refractivity contribution in [3.63, 3.8) is 0 Å². The molecule has 1 N–H and O–H groups in total. The molecule has 26 heavy (non-hydrogen) atoms. The van der Waals surface area contributed by atoms with Gasteiger partial charge in [-0.2, -0.15) is 0 Å². The Balaban J connectivity index is 1.64. The normalized spacial score (nSPS) is 13.5. The summed E-state index contributed by atoms with van der Waals surface area (Å²) in [5.74, 6) is 0.181. The average molecular weight is 388 g/mol. The van der Waals surface area contributed by atoms with E-state index in [0.717, 1.165) is 0 Å². The minimum Gasteiger partial charge on any atom is -0.355 e. The highest BCUT2D eigenvalue weighted by Crippen LogP contribution is 2.24. The zero-order valence-electron chi connectivity index (χ0n) is 14.9. The lowest BCUT2D eigenvalue weighted by molar-refractivity contribution is -0.120. The van der Waals surface area contributed by atoms with Crippen molar-refractivity contribution in [3.05, 3.63) is 57.7 Å². The van der Waals surface area contributed by atoms with Crippen molar-refractivity contribution in [3.8, 4) is 0 Å². The van der Waals surface area contributed by atoms with Gasteiger partial charge in [0, 0.05) is 13.6 Å². The fourth-order valence-corrected chi connectivity index (χ4v) is 4.30. The summed E-state index contributed by atoms with van der Waals surface area (Å²) >= 11 is 2.74. The minimum absolute atomic E-state index is 0.0571. The standard InChI is InChI=1S/C19H21N3O2S2/c1-12(14-7-5-4-6-8-14)11-20-16(23)13(2)26-19-21-17-15(9-10-25-17)18(24)22(19)3/h4-10,12-13H,11H2,1-3H3,(H,20,23). The number of benzene rings is 1. The number of carbonyl (C=O) groups is 1. The molecule has 5 nitrogen and oxygen atoms in total. The Kier molecular flexibility index (Phi) is 5.78. The Labute approximate surface area is 160 Å². The molecular formula is C19H21N3O2S2. The number of hydrogen-bond acceptors (Lipinski definition) is 5. The van der Waals surface area contributed by atoms with Crippen LogP contribution in [0.5, 0.6) is 0 Å². The van der Waals surface area contributed by atoms with Gasteiger partial charge >= 0.3 is 0 Å². The van der Waals surface area contributed by atoms with E-state index >= 15 is 0 Å². The van der Waals surface area contributed by atoms with E-state index in [1.54, 1.807) is 13.1 Å². The summed E-state index contributed by atoms with van der Waals surface area (Å²) in [7, 11) is 1.69. The van der Waals surface area contributed by atoms with Crippen LogP contribution in [-0.2, 0) is 11.8 Å². The third kappa shape index (κ3) is 3.99. The van der Waals surface area contributed by atoms with E-state index < -0.39 is 0 Å². The van der Waals surface area contributed by atoms with E-state index in [-0.39, 0.29) is 22.6 Å². The number of aromatic nitrogens is 2. The predicted molar refractivity (Wildman–Crippen MR) is 108 cm³/mol. The molecule has 3 aromatic rings. The van der Waals surface area contributed by atoms with E-state index in [1.165, 1.54) is 33.2 Å². The number of fused-ring (bicyclic) bond motifs is 1. The van der Waals surface area contributed by atoms with Gasteiger partial charge in [-0.3, -0.25) is 14.2 Å². The molecule has 0 saturated carbocycles. The zero-order valence-corrected chi connectivity index (χ0v) is 16.6. The van der Waals surface area contributed by atoms with Gasteiger partial charge in [0.25, 0.3) is 5.56 Å². The molecule has 2 heterocycles. The fourth-order valence-electron chi connectivity index (χ4n) is 2.59. The van der Waals surface area contributed by atoms with Crippen LogP contribution < -0.4 is 10.9 Å². The van der Waals surface area contributed by atoms with Gasteiger partial charge in [0.15, 0.2) is 5.16 Å². The summed E-state index contributed by atoms with van der Waals surface area (Å²) in [6, 6.07) is 11.9. The summed E-state index contributed by atoms with van der Waals surface area (Å²) in [4.78, 5) is 30.0. The van der Waals surface area contributed by atoms with Crippen molar-refractivity contribution in [2.24, 2.45) is 7.05 Å². The number of rotatable bonds is 6. The molecule has 2 unspecified atom stereocenters. The van der Waals surface area contributed by atoms with Crippen LogP contribution in [0.15, 0.2) is 51.7 Å². The molecule has 0 saturated heterocycles. The number of thiophene rings is 1. The van der Waals surface area contributed by atoms with Crippen LogP contribution in [0.4, 0.5) is 0 Å². The zero-order chi connectivity index (χ0) is 18.7. The molecule has 0 radical (unpaired) electrons. The summed E-state index contributed by atoms with van der Waals surface area (Å²) in [5.41, 5.74) is 1.12. The summed E-state index contributed by atoms with van der Waals surface area (Å²) in [6.07, 6.45) is 0. The summed E-state index contributed by atoms with van der Waals surface area (Å²) in [6.45, 7) is 4.49. The third-order valence-corrected chi connectivity index (χ3v) is 6.22. The molecule has 0 fully saturated rings. The lowest BCUT2D eigenvalue weighted by atomic mass is 10.0. The maximum atomic E-state index is 12.4. The lowest BCUT2D eigenvalue weighted by Gasteiger charge is -2.16. The first-order valence-electron chi connectivity index (χ1n) is 8.41. The first-order chi connectivity index (χ1) is 12.5. The largest absolute Gasteiger partial charge is 0.355 e. The molecule has 1 aromatic carbocycles. The predicted octanol–water partition coefficient (Wildman–Crippen LogP) is 3.40. The van der Waals surface area contributed by atoms with Crippen LogP contribution in [0.1, 0.15) is 25.3 Å². The van der Waals surface area contributed by atoms with Gasteiger partial charge in [-0.1, -0.05) is 49.0 Å². The van der Waals surface area contributed by atoms with Gasteiger partial charge in [-0.15, -0.1) is 11.3 Å². The van der Waals surface area contributed by atoms with Gasteiger partial charge in [0.2, 0.25) is 5.91 Å². The minimum atomic E-state index is -0.339. The van der Waals surface area contributed by atoms with Crippen LogP contribution in [-0.4, -0.2) is 27.3 Å². The van der Waals surface area contributed by atoms with Crippen molar-refractivity contribution >= 4 is 39.2 Å². The topological polar surface area (TPSA) is 64.0 Å². The van der Waals surface area contributed by atoms with E-state index in [9.17, 15) is 9.59 Å². The summed E-state index contributed by atoms with van der Waals surface area (Å²) in [5, 5.41) is 5.69. The van der Waals surface area contributed by atoms with Crippen molar-refractivity contribution in [2.75, 3.05) is 6.54 Å². The van der Waals surface area contributed by atoms with Crippen LogP contribution in [0.25, 0.3) is 10.2 Å². The second-order valence-corrected chi connectivity index (χ2v) is 8.42. The third-order valence-electron chi connectivity index (χ3n) is 4.27. The molecule has 2 atom stereocenters. The maximum absolute atomic E-state index is 12.4. The Bertz CT molecular complexity index is 966. The maximum Gasteiger partial charge on any atom is 0.262 e. The number of amides is 1. The molecule has 3 rings (SSSR count). The SMILES string of the molecule is CC(Sc1nc2sccc2c(=O)n1C)C(=O)NCC(C)c1ccccc1. The molecule has 0 aliphatic carbocycles. The highest BCUT2D eigenvalue weighted by atomic mass is 32.2. The Morgan fingerprint density at radius 3 is 2.73 bits per heavy atom. The molecule has 1 amide bonds. The molecule has 7 heteroatoms. The molecule has 2 aromatic heterocycles. The second kappa shape index (κ2) is 8.05. The highest BCUT2D eigenvalue weighted by molar-refractivity contribution is 8.00. The molecule has 0 spiro atoms. The quantitative estimate of drug-likeness (QED) is 0.520. The average Bonchev–Trinajstić information content (AvgIpc) is 3.12. The van der Waals surface area contributed by atoms with Crippen molar-refractivity contribution < 1.29 is 4.79 Å². The smallest absolute Gasteiger partial charge is 0.262 e. The Hall–Kier alpha value is -2.12. The Morgan fingerprint density at radius 2 is 2.00 bits per heavy atom. The van der Waals surface area contributed by atoms with Crippen LogP contribution in [0.3, 0.4) is 0 Å². The van der Waals surface area contributed by atoms with Gasteiger partial charge in [0.05, 0.1) is 10.6 Å². The number of hydrogen-bond donors (Lipinski definition) is 1. The van der Waals surface area contributed by atoms with Crippen LogP contribution in [0, 0.1) is 0 Å². The van der Waals surface area contributed by atoms with Gasteiger partial charge < -0.3 is 5.32 Å². The lowest BCUT2D eigenvalue weighted by Crippen LogP contribution is -2.34. The number of thioether (sulfide) groups is 1.